The summed E-state index contributed by atoms with van der Waals surface area (Å²) in [5, 5.41) is 11.9. The second-order valence-electron chi connectivity index (χ2n) is 6.59. The Kier molecular flexibility index (Phi) is 6.99. The summed E-state index contributed by atoms with van der Waals surface area (Å²) < 4.78 is 19.5. The number of hydrogen-bond acceptors (Lipinski definition) is 3. The van der Waals surface area contributed by atoms with E-state index in [1.807, 2.05) is 37.3 Å². The van der Waals surface area contributed by atoms with Crippen molar-refractivity contribution in [1.82, 2.24) is 0 Å². The molecule has 1 amide bonds. The largest absolute Gasteiger partial charge is 0.488 e. The Bertz CT molecular complexity index is 1120. The molecule has 1 N–H and O–H groups in total. The number of rotatable bonds is 6. The Balaban J connectivity index is 1.69. The van der Waals surface area contributed by atoms with Crippen LogP contribution < -0.4 is 10.1 Å². The maximum atomic E-state index is 13.0. The molecule has 0 saturated carbocycles. The minimum Gasteiger partial charge on any atom is -0.488 e. The van der Waals surface area contributed by atoms with Gasteiger partial charge in [-0.05, 0) is 76.5 Å². The van der Waals surface area contributed by atoms with Crippen LogP contribution in [-0.2, 0) is 11.4 Å². The Morgan fingerprint density at radius 2 is 1.83 bits per heavy atom. The standard InChI is InChI=1S/C24H18BrFN2O2/c1-16-2-4-17(5-3-16)15-30-23-11-6-18(13-22(23)25)12-19(14-27)24(29)28-21-9-7-20(26)8-10-21/h2-13H,15H2,1H3,(H,28,29)/b19-12+. The van der Waals surface area contributed by atoms with E-state index in [1.165, 1.54) is 35.9 Å². The van der Waals surface area contributed by atoms with E-state index in [2.05, 4.69) is 21.2 Å². The molecule has 150 valence electrons. The zero-order chi connectivity index (χ0) is 21.5. The molecule has 0 aliphatic carbocycles. The van der Waals surface area contributed by atoms with Crippen LogP contribution in [0.3, 0.4) is 0 Å². The number of nitrogens with one attached hydrogen (secondary N) is 1. The van der Waals surface area contributed by atoms with Crippen LogP contribution in [0.1, 0.15) is 16.7 Å². The molecule has 0 fully saturated rings. The molecular formula is C24H18BrFN2O2. The molecule has 3 aromatic rings. The van der Waals surface area contributed by atoms with Crippen LogP contribution in [0.5, 0.6) is 5.75 Å². The van der Waals surface area contributed by atoms with Gasteiger partial charge in [-0.2, -0.15) is 5.26 Å². The van der Waals surface area contributed by atoms with Crippen LogP contribution in [-0.4, -0.2) is 5.91 Å². The Morgan fingerprint density at radius 1 is 1.13 bits per heavy atom. The minimum absolute atomic E-state index is 0.0699. The van der Waals surface area contributed by atoms with Gasteiger partial charge in [-0.15, -0.1) is 0 Å². The summed E-state index contributed by atoms with van der Waals surface area (Å²) in [6.45, 7) is 2.46. The highest BCUT2D eigenvalue weighted by molar-refractivity contribution is 9.10. The quantitative estimate of drug-likeness (QED) is 0.358. The van der Waals surface area contributed by atoms with E-state index in [0.717, 1.165) is 5.56 Å². The highest BCUT2D eigenvalue weighted by Crippen LogP contribution is 2.28. The van der Waals surface area contributed by atoms with Crippen LogP contribution in [0, 0.1) is 24.1 Å². The van der Waals surface area contributed by atoms with Crippen molar-refractivity contribution in [3.8, 4) is 11.8 Å². The van der Waals surface area contributed by atoms with Crippen molar-refractivity contribution in [1.29, 1.82) is 5.26 Å². The first-order chi connectivity index (χ1) is 14.4. The fourth-order valence-electron chi connectivity index (χ4n) is 2.62. The van der Waals surface area contributed by atoms with Crippen LogP contribution in [0.15, 0.2) is 76.8 Å². The zero-order valence-corrected chi connectivity index (χ0v) is 17.7. The number of nitriles is 1. The lowest BCUT2D eigenvalue weighted by Gasteiger charge is -2.09. The first kappa shape index (κ1) is 21.3. The van der Waals surface area contributed by atoms with Crippen LogP contribution in [0.4, 0.5) is 10.1 Å². The van der Waals surface area contributed by atoms with Crippen LogP contribution in [0.25, 0.3) is 6.08 Å². The number of carbonyl (C=O) groups is 1. The summed E-state index contributed by atoms with van der Waals surface area (Å²) in [5.74, 6) is -0.319. The number of benzene rings is 3. The van der Waals surface area contributed by atoms with Crippen molar-refractivity contribution in [3.05, 3.63) is 99.3 Å². The van der Waals surface area contributed by atoms with E-state index in [4.69, 9.17) is 4.74 Å². The maximum absolute atomic E-state index is 13.0. The molecule has 3 rings (SSSR count). The molecule has 0 atom stereocenters. The van der Waals surface area contributed by atoms with Crippen LogP contribution in [0.2, 0.25) is 0 Å². The Morgan fingerprint density at radius 3 is 2.47 bits per heavy atom. The van der Waals surface area contributed by atoms with Gasteiger partial charge in [0, 0.05) is 5.69 Å². The molecule has 0 aliphatic rings. The molecule has 0 heterocycles. The summed E-state index contributed by atoms with van der Waals surface area (Å²) in [6, 6.07) is 20.6. The molecule has 0 radical (unpaired) electrons. The highest BCUT2D eigenvalue weighted by atomic mass is 79.9. The van der Waals surface area contributed by atoms with Gasteiger partial charge in [0.2, 0.25) is 0 Å². The van der Waals surface area contributed by atoms with Gasteiger partial charge < -0.3 is 10.1 Å². The topological polar surface area (TPSA) is 62.1 Å². The fraction of sp³-hybridized carbons (Fsp3) is 0.0833. The van der Waals surface area contributed by atoms with Gasteiger partial charge in [-0.25, -0.2) is 4.39 Å². The van der Waals surface area contributed by atoms with Gasteiger partial charge in [0.1, 0.15) is 29.8 Å². The number of carbonyl (C=O) groups excluding carboxylic acids is 1. The second-order valence-corrected chi connectivity index (χ2v) is 7.45. The molecule has 0 spiro atoms. The normalized spacial score (nSPS) is 10.9. The average Bonchev–Trinajstić information content (AvgIpc) is 2.74. The number of anilines is 1. The second kappa shape index (κ2) is 9.86. The summed E-state index contributed by atoms with van der Waals surface area (Å²) in [7, 11) is 0. The number of aryl methyl sites for hydroxylation is 1. The maximum Gasteiger partial charge on any atom is 0.266 e. The van der Waals surface area contributed by atoms with Gasteiger partial charge >= 0.3 is 0 Å². The van der Waals surface area contributed by atoms with Gasteiger partial charge in [0.25, 0.3) is 5.91 Å². The minimum atomic E-state index is -0.570. The Labute approximate surface area is 182 Å². The van der Waals surface area contributed by atoms with Gasteiger partial charge in [-0.1, -0.05) is 35.9 Å². The lowest BCUT2D eigenvalue weighted by atomic mass is 10.1. The monoisotopic (exact) mass is 464 g/mol. The predicted molar refractivity (Wildman–Crippen MR) is 118 cm³/mol. The number of nitrogens with zero attached hydrogens (tertiary/aromatic N) is 1. The molecule has 3 aromatic carbocycles. The third kappa shape index (κ3) is 5.79. The summed E-state index contributed by atoms with van der Waals surface area (Å²) in [6.07, 6.45) is 1.48. The van der Waals surface area contributed by atoms with Crippen molar-refractivity contribution in [3.63, 3.8) is 0 Å². The Hall–Kier alpha value is -3.43. The lowest BCUT2D eigenvalue weighted by Crippen LogP contribution is -2.13. The number of halogens is 2. The van der Waals surface area contributed by atoms with E-state index in [-0.39, 0.29) is 5.57 Å². The average molecular weight is 465 g/mol. The number of hydrogen-bond donors (Lipinski definition) is 1. The molecule has 30 heavy (non-hydrogen) atoms. The first-order valence-electron chi connectivity index (χ1n) is 9.11. The van der Waals surface area contributed by atoms with Crippen molar-refractivity contribution >= 4 is 33.6 Å². The summed E-state index contributed by atoms with van der Waals surface area (Å²) >= 11 is 3.47. The van der Waals surface area contributed by atoms with Gasteiger partial charge in [0.05, 0.1) is 4.47 Å². The molecule has 6 heteroatoms. The SMILES string of the molecule is Cc1ccc(COc2ccc(/C=C(\C#N)C(=O)Nc3ccc(F)cc3)cc2Br)cc1. The first-order valence-corrected chi connectivity index (χ1v) is 9.90. The van der Waals surface area contributed by atoms with E-state index in [0.29, 0.717) is 28.1 Å². The lowest BCUT2D eigenvalue weighted by molar-refractivity contribution is -0.112. The predicted octanol–water partition coefficient (Wildman–Crippen LogP) is 6.02. The van der Waals surface area contributed by atoms with Crippen molar-refractivity contribution in [2.24, 2.45) is 0 Å². The smallest absolute Gasteiger partial charge is 0.266 e. The molecular weight excluding hydrogens is 447 g/mol. The van der Waals surface area contributed by atoms with E-state index < -0.39 is 11.7 Å². The van der Waals surface area contributed by atoms with Crippen molar-refractivity contribution in [2.75, 3.05) is 5.32 Å². The zero-order valence-electron chi connectivity index (χ0n) is 16.2. The summed E-state index contributed by atoms with van der Waals surface area (Å²) in [5.41, 5.74) is 3.24. The molecule has 0 unspecified atom stereocenters. The fourth-order valence-corrected chi connectivity index (χ4v) is 3.13. The third-order valence-corrected chi connectivity index (χ3v) is 4.87. The molecule has 0 bridgehead atoms. The van der Waals surface area contributed by atoms with E-state index >= 15 is 0 Å². The molecule has 0 saturated heterocycles. The molecule has 0 aliphatic heterocycles. The number of ether oxygens (including phenoxy) is 1. The van der Waals surface area contributed by atoms with Gasteiger partial charge in [-0.3, -0.25) is 4.79 Å². The molecule has 0 aromatic heterocycles. The van der Waals surface area contributed by atoms with E-state index in [9.17, 15) is 14.4 Å². The number of amides is 1. The van der Waals surface area contributed by atoms with Crippen LogP contribution >= 0.6 is 15.9 Å². The summed E-state index contributed by atoms with van der Waals surface area (Å²) in [4.78, 5) is 12.3. The van der Waals surface area contributed by atoms with Gasteiger partial charge in [0.15, 0.2) is 0 Å². The van der Waals surface area contributed by atoms with E-state index in [1.54, 1.807) is 18.2 Å². The highest BCUT2D eigenvalue weighted by Gasteiger charge is 2.11. The third-order valence-electron chi connectivity index (χ3n) is 4.25. The van der Waals surface area contributed by atoms with Crippen molar-refractivity contribution < 1.29 is 13.9 Å². The molecule has 4 nitrogen and oxygen atoms in total. The van der Waals surface area contributed by atoms with Crippen molar-refractivity contribution in [2.45, 2.75) is 13.5 Å².